The van der Waals surface area contributed by atoms with Gasteiger partial charge in [0.25, 0.3) is 5.56 Å². The van der Waals surface area contributed by atoms with E-state index in [1.807, 2.05) is 0 Å². The third-order valence-electron chi connectivity index (χ3n) is 5.85. The number of nitrogens with two attached hydrogens (primary N) is 1. The molecule has 2 fully saturated rings. The van der Waals surface area contributed by atoms with Crippen LogP contribution in [0.15, 0.2) is 32.8 Å². The van der Waals surface area contributed by atoms with Crippen molar-refractivity contribution in [2.45, 2.75) is 56.6 Å². The van der Waals surface area contributed by atoms with Crippen molar-refractivity contribution in [3.05, 3.63) is 55.3 Å². The minimum absolute atomic E-state index is 0.00753. The van der Waals surface area contributed by atoms with Gasteiger partial charge in [0.2, 0.25) is 0 Å². The van der Waals surface area contributed by atoms with Gasteiger partial charge in [0.15, 0.2) is 0 Å². The number of rotatable bonds is 8. The predicted octanol–water partition coefficient (Wildman–Crippen LogP) is -1.89. The topological polar surface area (TPSA) is 230 Å². The van der Waals surface area contributed by atoms with Crippen LogP contribution in [0.5, 0.6) is 0 Å². The lowest BCUT2D eigenvalue weighted by Crippen LogP contribution is -2.33. The van der Waals surface area contributed by atoms with Gasteiger partial charge in [0, 0.05) is 30.8 Å². The van der Waals surface area contributed by atoms with Crippen molar-refractivity contribution in [3.8, 4) is 0 Å². The number of aliphatic hydroxyl groups is 2. The molecule has 0 saturated carbocycles. The fraction of sp³-hybridized carbons (Fsp3) is 0.579. The number of anilines is 1. The Kier molecular flexibility index (Phi) is 7.59. The van der Waals surface area contributed by atoms with Gasteiger partial charge in [0.1, 0.15) is 36.6 Å². The molecule has 7 unspecified atom stereocenters. The first-order valence-electron chi connectivity index (χ1n) is 10.9. The zero-order valence-corrected chi connectivity index (χ0v) is 19.9. The lowest BCUT2D eigenvalue weighted by Gasteiger charge is -2.22. The van der Waals surface area contributed by atoms with Gasteiger partial charge >= 0.3 is 19.2 Å². The summed E-state index contributed by atoms with van der Waals surface area (Å²) < 4.78 is 36.1. The molecule has 2 aromatic rings. The normalized spacial score (nSPS) is 29.9. The average molecular weight is 531 g/mol. The molecule has 0 spiro atoms. The monoisotopic (exact) mass is 531 g/mol. The van der Waals surface area contributed by atoms with Crippen LogP contribution in [0.3, 0.4) is 0 Å². The first-order chi connectivity index (χ1) is 17.0. The van der Waals surface area contributed by atoms with Crippen molar-refractivity contribution in [1.29, 1.82) is 0 Å². The highest BCUT2D eigenvalue weighted by atomic mass is 31.2. The van der Waals surface area contributed by atoms with E-state index in [4.69, 9.17) is 24.3 Å². The summed E-state index contributed by atoms with van der Waals surface area (Å²) in [5.74, 6) is 0.00753. The molecule has 198 valence electrons. The summed E-state index contributed by atoms with van der Waals surface area (Å²) in [5, 5.41) is 19.9. The van der Waals surface area contributed by atoms with Gasteiger partial charge < -0.3 is 30.3 Å². The van der Waals surface area contributed by atoms with Crippen LogP contribution in [0.1, 0.15) is 30.9 Å². The van der Waals surface area contributed by atoms with Gasteiger partial charge in [-0.15, -0.1) is 0 Å². The Hall–Kier alpha value is -2.69. The summed E-state index contributed by atoms with van der Waals surface area (Å²) in [7, 11) is -4.75. The second-order valence-corrected chi connectivity index (χ2v) is 9.81. The smallest absolute Gasteiger partial charge is 0.394 e. The Morgan fingerprint density at radius 2 is 1.92 bits per heavy atom. The van der Waals surface area contributed by atoms with Crippen molar-refractivity contribution in [2.24, 2.45) is 0 Å². The Morgan fingerprint density at radius 1 is 1.22 bits per heavy atom. The molecule has 2 aliphatic rings. The van der Waals surface area contributed by atoms with Gasteiger partial charge in [-0.25, -0.2) is 14.2 Å². The predicted molar refractivity (Wildman–Crippen MR) is 120 cm³/mol. The van der Waals surface area contributed by atoms with Crippen molar-refractivity contribution < 1.29 is 38.2 Å². The summed E-state index contributed by atoms with van der Waals surface area (Å²) in [5.41, 5.74) is 3.73. The zero-order chi connectivity index (χ0) is 26.2. The third kappa shape index (κ3) is 5.66. The number of aromatic nitrogens is 4. The minimum Gasteiger partial charge on any atom is -0.394 e. The maximum atomic E-state index is 12.6. The largest absolute Gasteiger partial charge is 0.472 e. The first kappa shape index (κ1) is 26.4. The number of nitrogens with zero attached hydrogens (tertiary/aromatic N) is 3. The van der Waals surface area contributed by atoms with Crippen LogP contribution in [0.25, 0.3) is 0 Å². The number of H-pyrrole nitrogens is 1. The van der Waals surface area contributed by atoms with E-state index >= 15 is 0 Å². The number of aryl methyl sites for hydroxylation is 1. The van der Waals surface area contributed by atoms with Crippen molar-refractivity contribution in [3.63, 3.8) is 0 Å². The molecule has 6 N–H and O–H groups in total. The molecular weight excluding hydrogens is 505 g/mol. The number of hydrogen-bond donors (Lipinski definition) is 5. The first-order valence-corrected chi connectivity index (χ1v) is 12.4. The molecule has 36 heavy (non-hydrogen) atoms. The maximum Gasteiger partial charge on any atom is 0.472 e. The van der Waals surface area contributed by atoms with E-state index in [9.17, 15) is 34.1 Å². The Morgan fingerprint density at radius 3 is 2.61 bits per heavy atom. The van der Waals surface area contributed by atoms with E-state index in [1.165, 1.54) is 25.4 Å². The molecule has 0 radical (unpaired) electrons. The maximum absolute atomic E-state index is 12.6. The second kappa shape index (κ2) is 10.4. The molecule has 4 rings (SSSR count). The van der Waals surface area contributed by atoms with Gasteiger partial charge in [-0.3, -0.25) is 28.0 Å². The van der Waals surface area contributed by atoms with Crippen LogP contribution in [0.2, 0.25) is 0 Å². The Balaban J connectivity index is 1.37. The van der Waals surface area contributed by atoms with Crippen molar-refractivity contribution in [1.82, 2.24) is 19.1 Å². The van der Waals surface area contributed by atoms with Crippen molar-refractivity contribution in [2.75, 3.05) is 18.9 Å². The molecule has 2 aliphatic heterocycles. The molecule has 0 bridgehead atoms. The van der Waals surface area contributed by atoms with E-state index in [0.717, 1.165) is 9.13 Å². The standard InChI is InChI=1S/C19H26N5O11P/c1-9-6-24(19(29)22-17(9)27)15-4-10(26)13(34-15)8-32-36(30,31)35-11-5-16(33-12(11)7-25)23-3-2-14(20)21-18(23)28/h2-3,6,10-13,15-16,25-26H,4-5,7-8H2,1H3,(H,30,31)(H2,20,21,28)(H,22,27,29). The zero-order valence-electron chi connectivity index (χ0n) is 19.0. The second-order valence-electron chi connectivity index (χ2n) is 8.41. The lowest BCUT2D eigenvalue weighted by molar-refractivity contribution is -0.0575. The number of aromatic amines is 1. The quantitative estimate of drug-likeness (QED) is 0.235. The lowest BCUT2D eigenvalue weighted by atomic mass is 10.2. The van der Waals surface area contributed by atoms with Gasteiger partial charge in [-0.05, 0) is 13.0 Å². The summed E-state index contributed by atoms with van der Waals surface area (Å²) >= 11 is 0. The van der Waals surface area contributed by atoms with Crippen LogP contribution in [0.4, 0.5) is 5.82 Å². The highest BCUT2D eigenvalue weighted by molar-refractivity contribution is 7.47. The molecule has 7 atom stereocenters. The summed E-state index contributed by atoms with van der Waals surface area (Å²) in [6.07, 6.45) is -3.77. The number of hydrogen-bond acceptors (Lipinski definition) is 12. The fourth-order valence-corrected chi connectivity index (χ4v) is 4.96. The van der Waals surface area contributed by atoms with Gasteiger partial charge in [-0.2, -0.15) is 4.98 Å². The van der Waals surface area contributed by atoms with Gasteiger partial charge in [0.05, 0.1) is 19.3 Å². The summed E-state index contributed by atoms with van der Waals surface area (Å²) in [6.45, 7) is 0.361. The molecule has 4 heterocycles. The number of nitrogen functional groups attached to an aromatic ring is 1. The minimum atomic E-state index is -4.75. The molecule has 17 heteroatoms. The number of phosphoric acid groups is 1. The van der Waals surface area contributed by atoms with Crippen LogP contribution in [0, 0.1) is 6.92 Å². The molecule has 0 amide bonds. The summed E-state index contributed by atoms with van der Waals surface area (Å²) in [6, 6.07) is 1.37. The highest BCUT2D eigenvalue weighted by Crippen LogP contribution is 2.48. The van der Waals surface area contributed by atoms with Crippen LogP contribution < -0.4 is 22.7 Å². The number of phosphoric ester groups is 1. The molecular formula is C19H26N5O11P. The van der Waals surface area contributed by atoms with E-state index in [0.29, 0.717) is 0 Å². The Bertz CT molecular complexity index is 1330. The average Bonchev–Trinajstić information content (AvgIpc) is 3.37. The van der Waals surface area contributed by atoms with E-state index < -0.39 is 74.8 Å². The molecule has 0 aliphatic carbocycles. The van der Waals surface area contributed by atoms with E-state index in [2.05, 4.69) is 9.97 Å². The molecule has 2 saturated heterocycles. The fourth-order valence-electron chi connectivity index (χ4n) is 4.00. The van der Waals surface area contributed by atoms with E-state index in [1.54, 1.807) is 0 Å². The molecule has 2 aromatic heterocycles. The Labute approximate surface area is 202 Å². The molecule has 0 aromatic carbocycles. The number of ether oxygens (including phenoxy) is 2. The summed E-state index contributed by atoms with van der Waals surface area (Å²) in [4.78, 5) is 51.6. The molecule has 16 nitrogen and oxygen atoms in total. The third-order valence-corrected chi connectivity index (χ3v) is 6.87. The van der Waals surface area contributed by atoms with Crippen LogP contribution >= 0.6 is 7.82 Å². The van der Waals surface area contributed by atoms with Crippen LogP contribution in [-0.4, -0.2) is 71.8 Å². The highest BCUT2D eigenvalue weighted by Gasteiger charge is 2.43. The van der Waals surface area contributed by atoms with E-state index in [-0.39, 0.29) is 24.2 Å². The van der Waals surface area contributed by atoms with Crippen molar-refractivity contribution >= 4 is 13.6 Å². The number of nitrogens with one attached hydrogen (secondary N) is 1. The van der Waals surface area contributed by atoms with Gasteiger partial charge in [-0.1, -0.05) is 0 Å². The number of aliphatic hydroxyl groups excluding tert-OH is 2. The van der Waals surface area contributed by atoms with Crippen LogP contribution in [-0.2, 0) is 23.1 Å². The SMILES string of the molecule is Cc1cn(C2CC(O)C(COP(=O)(O)OC3CC(n4ccc(N)nc4=O)OC3CO)O2)c(=O)[nH]c1=O.